The summed E-state index contributed by atoms with van der Waals surface area (Å²) in [4.78, 5) is 27.0. The van der Waals surface area contributed by atoms with Crippen LogP contribution in [0.3, 0.4) is 0 Å². The average Bonchev–Trinajstić information content (AvgIpc) is 2.95. The number of likely N-dealkylation sites (tertiary alicyclic amines) is 1. The number of carbonyl (C=O) groups excluding carboxylic acids is 2. The molecular weight excluding hydrogens is 340 g/mol. The molecule has 1 saturated heterocycles. The SMILES string of the molecule is CCOC(=O)c1c(NC(=O)C[NH+]2CCCCC2)sc2c1CCC[C@@H]2O. The minimum absolute atomic E-state index is 0.0736. The van der Waals surface area contributed by atoms with Gasteiger partial charge >= 0.3 is 5.97 Å². The van der Waals surface area contributed by atoms with Gasteiger partial charge in [-0.1, -0.05) is 0 Å². The van der Waals surface area contributed by atoms with Crippen LogP contribution in [0.5, 0.6) is 0 Å². The number of anilines is 1. The zero-order valence-corrected chi connectivity index (χ0v) is 15.5. The lowest BCUT2D eigenvalue weighted by molar-refractivity contribution is -0.896. The van der Waals surface area contributed by atoms with Gasteiger partial charge in [-0.05, 0) is 51.0 Å². The van der Waals surface area contributed by atoms with Crippen molar-refractivity contribution >= 4 is 28.2 Å². The number of ether oxygens (including phenoxy) is 1. The summed E-state index contributed by atoms with van der Waals surface area (Å²) in [6.07, 6.45) is 5.29. The number of fused-ring (bicyclic) bond motifs is 1. The Morgan fingerprint density at radius 2 is 2.04 bits per heavy atom. The number of hydrogen-bond donors (Lipinski definition) is 3. The van der Waals surface area contributed by atoms with Crippen LogP contribution in [-0.4, -0.2) is 43.2 Å². The number of aliphatic hydroxyl groups is 1. The number of carbonyl (C=O) groups is 2. The van der Waals surface area contributed by atoms with Gasteiger partial charge in [-0.3, -0.25) is 4.79 Å². The fourth-order valence-electron chi connectivity index (χ4n) is 3.74. The minimum Gasteiger partial charge on any atom is -0.462 e. The predicted octanol–water partition coefficient (Wildman–Crippen LogP) is 1.30. The van der Waals surface area contributed by atoms with E-state index in [0.29, 0.717) is 23.5 Å². The molecule has 1 aliphatic heterocycles. The average molecular weight is 367 g/mol. The summed E-state index contributed by atoms with van der Waals surface area (Å²) in [5, 5.41) is 13.7. The molecule has 0 unspecified atom stereocenters. The van der Waals surface area contributed by atoms with Gasteiger partial charge in [-0.25, -0.2) is 4.79 Å². The van der Waals surface area contributed by atoms with Gasteiger partial charge in [-0.2, -0.15) is 0 Å². The Bertz CT molecular complexity index is 637. The van der Waals surface area contributed by atoms with E-state index < -0.39 is 12.1 Å². The van der Waals surface area contributed by atoms with Crippen molar-refractivity contribution in [1.29, 1.82) is 0 Å². The maximum Gasteiger partial charge on any atom is 0.341 e. The number of esters is 1. The second-order valence-electron chi connectivity index (χ2n) is 6.81. The topological polar surface area (TPSA) is 80.1 Å². The summed E-state index contributed by atoms with van der Waals surface area (Å²) in [6.45, 7) is 4.53. The van der Waals surface area contributed by atoms with E-state index in [-0.39, 0.29) is 12.5 Å². The molecule has 0 radical (unpaired) electrons. The summed E-state index contributed by atoms with van der Waals surface area (Å²) in [5.41, 5.74) is 1.30. The predicted molar refractivity (Wildman–Crippen MR) is 96.2 cm³/mol. The van der Waals surface area contributed by atoms with E-state index in [2.05, 4.69) is 5.32 Å². The van der Waals surface area contributed by atoms with Crippen molar-refractivity contribution in [2.24, 2.45) is 0 Å². The van der Waals surface area contributed by atoms with Gasteiger partial charge in [0.15, 0.2) is 6.54 Å². The second kappa shape index (κ2) is 8.29. The first-order valence-electron chi connectivity index (χ1n) is 9.24. The highest BCUT2D eigenvalue weighted by Gasteiger charge is 2.31. The Hall–Kier alpha value is -1.44. The van der Waals surface area contributed by atoms with E-state index in [4.69, 9.17) is 4.74 Å². The van der Waals surface area contributed by atoms with Crippen LogP contribution in [0.15, 0.2) is 0 Å². The maximum atomic E-state index is 12.5. The third-order valence-electron chi connectivity index (χ3n) is 4.95. The summed E-state index contributed by atoms with van der Waals surface area (Å²) >= 11 is 1.32. The van der Waals surface area contributed by atoms with Gasteiger partial charge in [0, 0.05) is 4.88 Å². The highest BCUT2D eigenvalue weighted by atomic mass is 32.1. The van der Waals surface area contributed by atoms with Gasteiger partial charge in [0.2, 0.25) is 0 Å². The lowest BCUT2D eigenvalue weighted by Crippen LogP contribution is -3.13. The molecule has 6 nitrogen and oxygen atoms in total. The van der Waals surface area contributed by atoms with Gasteiger partial charge < -0.3 is 20.1 Å². The van der Waals surface area contributed by atoms with Crippen LogP contribution in [0.1, 0.15) is 65.9 Å². The van der Waals surface area contributed by atoms with Crippen LogP contribution in [0.4, 0.5) is 5.00 Å². The molecule has 3 rings (SSSR count). The molecule has 3 N–H and O–H groups in total. The molecular formula is C18H27N2O4S+. The Morgan fingerprint density at radius 3 is 2.76 bits per heavy atom. The standard InChI is InChI=1S/C18H26N2O4S/c1-2-24-18(23)15-12-7-6-8-13(21)16(12)25-17(15)19-14(22)11-20-9-4-3-5-10-20/h13,21H,2-11H2,1H3,(H,19,22)/p+1/t13-/m0/s1. The van der Waals surface area contributed by atoms with E-state index in [1.807, 2.05) is 0 Å². The number of hydrogen-bond acceptors (Lipinski definition) is 5. The molecule has 25 heavy (non-hydrogen) atoms. The van der Waals surface area contributed by atoms with Crippen molar-refractivity contribution in [3.8, 4) is 0 Å². The fraction of sp³-hybridized carbons (Fsp3) is 0.667. The van der Waals surface area contributed by atoms with E-state index in [0.717, 1.165) is 49.2 Å². The van der Waals surface area contributed by atoms with Crippen LogP contribution < -0.4 is 10.2 Å². The van der Waals surface area contributed by atoms with E-state index in [1.165, 1.54) is 22.7 Å². The van der Waals surface area contributed by atoms with Crippen LogP contribution in [-0.2, 0) is 16.0 Å². The molecule has 1 aromatic heterocycles. The van der Waals surface area contributed by atoms with Gasteiger partial charge in [0.25, 0.3) is 5.91 Å². The van der Waals surface area contributed by atoms with Crippen molar-refractivity contribution in [3.63, 3.8) is 0 Å². The number of nitrogens with one attached hydrogen (secondary N) is 2. The molecule has 0 bridgehead atoms. The third-order valence-corrected chi connectivity index (χ3v) is 6.20. The first kappa shape index (κ1) is 18.4. The highest BCUT2D eigenvalue weighted by molar-refractivity contribution is 7.17. The fourth-order valence-corrected chi connectivity index (χ4v) is 5.01. The van der Waals surface area contributed by atoms with Gasteiger partial charge in [0.1, 0.15) is 5.00 Å². The van der Waals surface area contributed by atoms with Crippen molar-refractivity contribution < 1.29 is 24.3 Å². The Morgan fingerprint density at radius 1 is 1.28 bits per heavy atom. The number of quaternary nitrogens is 1. The first-order valence-corrected chi connectivity index (χ1v) is 10.1. The normalized spacial score (nSPS) is 20.8. The molecule has 1 aliphatic carbocycles. The van der Waals surface area contributed by atoms with E-state index in [1.54, 1.807) is 6.92 Å². The monoisotopic (exact) mass is 367 g/mol. The number of piperidine rings is 1. The first-order chi connectivity index (χ1) is 12.1. The summed E-state index contributed by atoms with van der Waals surface area (Å²) in [5.74, 6) is -0.481. The molecule has 2 heterocycles. The van der Waals surface area contributed by atoms with Crippen molar-refractivity contribution in [2.75, 3.05) is 31.6 Å². The summed E-state index contributed by atoms with van der Waals surface area (Å²) < 4.78 is 5.19. The number of amides is 1. The van der Waals surface area contributed by atoms with Crippen LogP contribution in [0.2, 0.25) is 0 Å². The highest BCUT2D eigenvalue weighted by Crippen LogP contribution is 2.42. The Labute approximate surface area is 152 Å². The quantitative estimate of drug-likeness (QED) is 0.686. The van der Waals surface area contributed by atoms with Gasteiger partial charge in [0.05, 0.1) is 31.4 Å². The zero-order chi connectivity index (χ0) is 17.8. The van der Waals surface area contributed by atoms with Crippen molar-refractivity contribution in [1.82, 2.24) is 0 Å². The van der Waals surface area contributed by atoms with Crippen molar-refractivity contribution in [3.05, 3.63) is 16.0 Å². The lowest BCUT2D eigenvalue weighted by atomic mass is 9.93. The summed E-state index contributed by atoms with van der Waals surface area (Å²) in [7, 11) is 0. The third kappa shape index (κ3) is 4.22. The Balaban J connectivity index is 1.79. The summed E-state index contributed by atoms with van der Waals surface area (Å²) in [6, 6.07) is 0. The molecule has 1 atom stereocenters. The van der Waals surface area contributed by atoms with Gasteiger partial charge in [-0.15, -0.1) is 11.3 Å². The van der Waals surface area contributed by atoms with Crippen LogP contribution in [0, 0.1) is 0 Å². The van der Waals surface area contributed by atoms with Crippen LogP contribution >= 0.6 is 11.3 Å². The zero-order valence-electron chi connectivity index (χ0n) is 14.7. The maximum absolute atomic E-state index is 12.5. The molecule has 1 aromatic rings. The smallest absolute Gasteiger partial charge is 0.341 e. The number of thiophene rings is 1. The molecule has 0 spiro atoms. The molecule has 1 fully saturated rings. The number of aliphatic hydroxyl groups excluding tert-OH is 1. The molecule has 138 valence electrons. The lowest BCUT2D eigenvalue weighted by Gasteiger charge is -2.22. The minimum atomic E-state index is -0.555. The molecule has 7 heteroatoms. The van der Waals surface area contributed by atoms with Crippen LogP contribution in [0.25, 0.3) is 0 Å². The molecule has 1 amide bonds. The number of rotatable bonds is 5. The molecule has 0 aromatic carbocycles. The molecule has 2 aliphatic rings. The van der Waals surface area contributed by atoms with E-state index >= 15 is 0 Å². The Kier molecular flexibility index (Phi) is 6.09. The van der Waals surface area contributed by atoms with E-state index in [9.17, 15) is 14.7 Å². The van der Waals surface area contributed by atoms with Crippen molar-refractivity contribution in [2.45, 2.75) is 51.6 Å². The second-order valence-corrected chi connectivity index (χ2v) is 7.87. The molecule has 0 saturated carbocycles. The largest absolute Gasteiger partial charge is 0.462 e.